The maximum absolute atomic E-state index is 14.7. The van der Waals surface area contributed by atoms with E-state index < -0.39 is 16.4 Å². The van der Waals surface area contributed by atoms with E-state index in [2.05, 4.69) is 52.8 Å². The second-order valence-electron chi connectivity index (χ2n) is 16.5. The van der Waals surface area contributed by atoms with Crippen LogP contribution in [-0.4, -0.2) is 34.4 Å². The van der Waals surface area contributed by atoms with Crippen molar-refractivity contribution in [3.05, 3.63) is 47.5 Å². The van der Waals surface area contributed by atoms with Gasteiger partial charge in [0.05, 0.1) is 22.1 Å². The van der Waals surface area contributed by atoms with Crippen LogP contribution in [-0.2, 0) is 20.9 Å². The zero-order valence-electron chi connectivity index (χ0n) is 26.8. The normalized spacial score (nSPS) is 48.9. The van der Waals surface area contributed by atoms with Crippen molar-refractivity contribution in [2.45, 2.75) is 111 Å². The van der Waals surface area contributed by atoms with E-state index in [1.807, 2.05) is 36.5 Å². The van der Waals surface area contributed by atoms with Gasteiger partial charge in [0.15, 0.2) is 5.78 Å². The largest absolute Gasteiger partial charge is 0.460 e. The molecule has 4 saturated carbocycles. The molecule has 0 saturated heterocycles. The van der Waals surface area contributed by atoms with E-state index in [0.29, 0.717) is 13.0 Å². The van der Waals surface area contributed by atoms with E-state index in [4.69, 9.17) is 9.73 Å². The Balaban J connectivity index is 1.24. The van der Waals surface area contributed by atoms with E-state index >= 15 is 0 Å². The number of rotatable bonds is 3. The molecule has 43 heavy (non-hydrogen) atoms. The fourth-order valence-corrected chi connectivity index (χ4v) is 11.5. The van der Waals surface area contributed by atoms with E-state index in [-0.39, 0.29) is 45.2 Å². The topological polar surface area (TPSA) is 88.3 Å². The third-order valence-corrected chi connectivity index (χ3v) is 14.7. The minimum absolute atomic E-state index is 0.0714. The van der Waals surface area contributed by atoms with Crippen LogP contribution >= 0.6 is 0 Å². The van der Waals surface area contributed by atoms with Crippen molar-refractivity contribution in [3.8, 4) is 0 Å². The third kappa shape index (κ3) is 3.41. The van der Waals surface area contributed by atoms with Crippen molar-refractivity contribution in [2.24, 2.45) is 54.5 Å². The summed E-state index contributed by atoms with van der Waals surface area (Å²) in [5, 5.41) is 13.6. The Morgan fingerprint density at radius 1 is 0.953 bits per heavy atom. The summed E-state index contributed by atoms with van der Waals surface area (Å²) < 4.78 is 5.93. The number of oxime groups is 1. The Hall–Kier alpha value is -2.76. The summed E-state index contributed by atoms with van der Waals surface area (Å²) in [7, 11) is 0. The number of benzene rings is 1. The lowest BCUT2D eigenvalue weighted by molar-refractivity contribution is -0.182. The number of allylic oxidation sites excluding steroid dienone is 2. The fraction of sp³-hybridized carbons (Fsp3) is 0.676. The van der Waals surface area contributed by atoms with E-state index in [1.165, 1.54) is 5.57 Å². The number of ether oxygens (including phenoxy) is 1. The highest BCUT2D eigenvalue weighted by Gasteiger charge is 2.77. The smallest absolute Gasteiger partial charge is 0.312 e. The summed E-state index contributed by atoms with van der Waals surface area (Å²) in [5.41, 5.74) is 1.12. The number of hydrogen-bond acceptors (Lipinski definition) is 6. The second kappa shape index (κ2) is 8.91. The number of hydrogen-bond donors (Lipinski definition) is 1. The molecular formula is C37H48N2O4. The molecule has 5 aliphatic carbocycles. The van der Waals surface area contributed by atoms with Crippen LogP contribution in [0, 0.1) is 44.3 Å². The van der Waals surface area contributed by atoms with Gasteiger partial charge >= 0.3 is 5.97 Å². The number of ketones is 1. The monoisotopic (exact) mass is 584 g/mol. The highest BCUT2D eigenvalue weighted by molar-refractivity contribution is 6.09. The zero-order valence-corrected chi connectivity index (χ0v) is 26.8. The maximum atomic E-state index is 14.7. The second-order valence-corrected chi connectivity index (χ2v) is 16.5. The Morgan fingerprint density at radius 2 is 1.67 bits per heavy atom. The molecule has 1 N–H and O–H groups in total. The van der Waals surface area contributed by atoms with Gasteiger partial charge in [0.1, 0.15) is 6.61 Å². The summed E-state index contributed by atoms with van der Waals surface area (Å²) in [4.78, 5) is 33.4. The van der Waals surface area contributed by atoms with Crippen molar-refractivity contribution in [3.63, 3.8) is 0 Å². The van der Waals surface area contributed by atoms with Gasteiger partial charge < -0.3 is 9.94 Å². The number of carbonyl (C=O) groups excluding carboxylic acids is 2. The molecule has 1 aliphatic heterocycles. The highest BCUT2D eigenvalue weighted by atomic mass is 16.5. The lowest BCUT2D eigenvalue weighted by atomic mass is 9.31. The SMILES string of the molecule is C[C@]1(C(=O)OCc2ccccc2)CC[C@]2(C)CC[C@]3(C)C(=CC(=O)[C@@H]4[C@@]5(C)CC/C(=N\O)[C@@]6(C)C=N[C@]65CC[C@]43C)[C@@H]2C1. The molecule has 0 radical (unpaired) electrons. The predicted molar refractivity (Wildman–Crippen MR) is 167 cm³/mol. The molecule has 230 valence electrons. The van der Waals surface area contributed by atoms with Crippen LogP contribution in [0.1, 0.15) is 105 Å². The molecule has 1 spiro atoms. The Morgan fingerprint density at radius 3 is 2.35 bits per heavy atom. The molecular weight excluding hydrogens is 536 g/mol. The van der Waals surface area contributed by atoms with Gasteiger partial charge in [-0.15, -0.1) is 0 Å². The van der Waals surface area contributed by atoms with Gasteiger partial charge in [-0.2, -0.15) is 0 Å². The highest BCUT2D eigenvalue weighted by Crippen LogP contribution is 2.77. The standard InChI is InChI=1S/C37H48N2O4/c1-31-14-15-32(2,30(41)43-22-24-10-8-7-9-11-24)21-26(31)25-20-27(40)29-34(4,33(25,3)17-16-31)18-19-37-35(29,5)13-12-28(39-42)36(37,6)23-38-37/h7-11,20,23,26,29,42H,12-19,21-22H2,1-6H3/b39-28+/t26-,29-,31+,32-,33+,34+,35+,36+,37-/m0/s1. The molecule has 6 heteroatoms. The van der Waals surface area contributed by atoms with Gasteiger partial charge in [-0.25, -0.2) is 0 Å². The van der Waals surface area contributed by atoms with Crippen molar-refractivity contribution in [2.75, 3.05) is 0 Å². The molecule has 6 aliphatic rings. The molecule has 6 nitrogen and oxygen atoms in total. The molecule has 4 fully saturated rings. The van der Waals surface area contributed by atoms with E-state index in [1.54, 1.807) is 0 Å². The number of aliphatic imine (C=N–C) groups is 1. The molecule has 7 rings (SSSR count). The van der Waals surface area contributed by atoms with Crippen LogP contribution in [0.25, 0.3) is 0 Å². The first kappa shape index (κ1) is 29.0. The summed E-state index contributed by atoms with van der Waals surface area (Å²) in [5.74, 6) is 0.157. The zero-order chi connectivity index (χ0) is 30.7. The van der Waals surface area contributed by atoms with Crippen molar-refractivity contribution < 1.29 is 19.5 Å². The molecule has 0 bridgehead atoms. The first-order valence-electron chi connectivity index (χ1n) is 16.5. The van der Waals surface area contributed by atoms with Gasteiger partial charge in [-0.3, -0.25) is 14.6 Å². The molecule has 0 amide bonds. The number of esters is 1. The van der Waals surface area contributed by atoms with Gasteiger partial charge in [-0.1, -0.05) is 68.8 Å². The van der Waals surface area contributed by atoms with Crippen LogP contribution in [0.2, 0.25) is 0 Å². The molecule has 1 aromatic carbocycles. The number of carbonyl (C=O) groups is 2. The van der Waals surface area contributed by atoms with Crippen LogP contribution in [0.4, 0.5) is 0 Å². The van der Waals surface area contributed by atoms with E-state index in [9.17, 15) is 14.8 Å². The quantitative estimate of drug-likeness (QED) is 0.224. The van der Waals surface area contributed by atoms with Gasteiger partial charge in [-0.05, 0) is 105 Å². The minimum atomic E-state index is -0.576. The van der Waals surface area contributed by atoms with Crippen LogP contribution in [0.15, 0.2) is 52.1 Å². The average Bonchev–Trinajstić information content (AvgIpc) is 2.97. The third-order valence-electron chi connectivity index (χ3n) is 14.7. The molecule has 9 atom stereocenters. The predicted octanol–water partition coefficient (Wildman–Crippen LogP) is 7.73. The van der Waals surface area contributed by atoms with Crippen molar-refractivity contribution in [1.82, 2.24) is 0 Å². The summed E-state index contributed by atoms with van der Waals surface area (Å²) >= 11 is 0. The Kier molecular flexibility index (Phi) is 6.01. The molecule has 0 unspecified atom stereocenters. The molecule has 0 aromatic heterocycles. The van der Waals surface area contributed by atoms with Crippen LogP contribution < -0.4 is 0 Å². The average molecular weight is 585 g/mol. The summed E-state index contributed by atoms with van der Waals surface area (Å²) in [6.07, 6.45) is 12.0. The number of nitrogens with zero attached hydrogens (tertiary/aromatic N) is 2. The van der Waals surface area contributed by atoms with Gasteiger partial charge in [0.25, 0.3) is 0 Å². The van der Waals surface area contributed by atoms with Crippen LogP contribution in [0.5, 0.6) is 0 Å². The van der Waals surface area contributed by atoms with Gasteiger partial charge in [0, 0.05) is 17.5 Å². The molecule has 1 heterocycles. The summed E-state index contributed by atoms with van der Waals surface area (Å²) in [6, 6.07) is 9.89. The lowest BCUT2D eigenvalue weighted by Crippen LogP contribution is -2.76. The van der Waals surface area contributed by atoms with Gasteiger partial charge in [0.2, 0.25) is 0 Å². The Bertz CT molecular complexity index is 1480. The van der Waals surface area contributed by atoms with E-state index in [0.717, 1.165) is 62.6 Å². The van der Waals surface area contributed by atoms with Crippen molar-refractivity contribution in [1.29, 1.82) is 0 Å². The minimum Gasteiger partial charge on any atom is -0.460 e. The maximum Gasteiger partial charge on any atom is 0.312 e. The first-order valence-corrected chi connectivity index (χ1v) is 16.5. The first-order chi connectivity index (χ1) is 20.2. The van der Waals surface area contributed by atoms with Crippen molar-refractivity contribution >= 4 is 23.7 Å². The number of fused-ring (bicyclic) bond motifs is 6. The fourth-order valence-electron chi connectivity index (χ4n) is 11.5. The van der Waals surface area contributed by atoms with Crippen LogP contribution in [0.3, 0.4) is 0 Å². The molecule has 1 aromatic rings. The summed E-state index contributed by atoms with van der Waals surface area (Å²) in [6.45, 7) is 14.1. The lowest BCUT2D eigenvalue weighted by Gasteiger charge is -2.74. The Labute approximate surface area is 256 Å².